The van der Waals surface area contributed by atoms with E-state index in [0.29, 0.717) is 0 Å². The zero-order chi connectivity index (χ0) is 18.4. The molecule has 0 radical (unpaired) electrons. The van der Waals surface area contributed by atoms with Crippen molar-refractivity contribution < 1.29 is 8.42 Å². The molecule has 23 heavy (non-hydrogen) atoms. The minimum Gasteiger partial charge on any atom is -0.229 e. The van der Waals surface area contributed by atoms with Crippen molar-refractivity contribution in [2.24, 2.45) is 0 Å². The number of rotatable bonds is 0. The lowest BCUT2D eigenvalue weighted by atomic mass is 10.4. The van der Waals surface area contributed by atoms with E-state index in [1.54, 1.807) is 0 Å². The van der Waals surface area contributed by atoms with Gasteiger partial charge in [0.15, 0.2) is 0 Å². The van der Waals surface area contributed by atoms with Crippen LogP contribution in [0, 0.1) is 0 Å². The highest BCUT2D eigenvalue weighted by Gasteiger charge is 1.79. The maximum atomic E-state index is 9.63. The Morgan fingerprint density at radius 3 is 0.565 bits per heavy atom. The molecule has 2 nitrogen and oxygen atoms in total. The van der Waals surface area contributed by atoms with E-state index in [4.69, 9.17) is 0 Å². The molecule has 0 heterocycles. The third kappa shape index (κ3) is 63.9. The average molecular weight is 339 g/mol. The molecule has 132 valence electrons. The predicted octanol–water partition coefficient (Wildman–Crippen LogP) is 5.87. The lowest BCUT2D eigenvalue weighted by molar-refractivity contribution is 0.607. The van der Waals surface area contributed by atoms with Gasteiger partial charge < -0.3 is 0 Å². The molecule has 0 aliphatic heterocycles. The quantitative estimate of drug-likeness (QED) is 0.602. The predicted molar refractivity (Wildman–Crippen MR) is 106 cm³/mol. The number of hydrogen-bond donors (Lipinski definition) is 0. The molecule has 3 heteroatoms. The Morgan fingerprint density at radius 2 is 0.522 bits per heavy atom. The molecule has 0 saturated carbocycles. The van der Waals surface area contributed by atoms with E-state index in [-0.39, 0.29) is 0 Å². The first kappa shape index (κ1) is 26.3. The van der Waals surface area contributed by atoms with Crippen LogP contribution in [-0.4, -0.2) is 20.9 Å². The van der Waals surface area contributed by atoms with Crippen LogP contribution in [0.4, 0.5) is 0 Å². The summed E-state index contributed by atoms with van der Waals surface area (Å²) >= 11 is 0. The summed E-state index contributed by atoms with van der Waals surface area (Å²) in [6.45, 7) is 8.50. The summed E-state index contributed by atoms with van der Waals surface area (Å²) in [7, 11) is -2.67. The second-order valence-corrected chi connectivity index (χ2v) is 7.15. The van der Waals surface area contributed by atoms with Crippen LogP contribution in [-0.2, 0) is 9.84 Å². The van der Waals surface area contributed by atoms with Gasteiger partial charge in [0.2, 0.25) is 0 Å². The van der Waals surface area contributed by atoms with E-state index in [9.17, 15) is 8.42 Å². The van der Waals surface area contributed by atoms with Crippen LogP contribution in [0.1, 0.15) is 40.5 Å². The van der Waals surface area contributed by atoms with Crippen molar-refractivity contribution in [2.45, 2.75) is 40.5 Å². The Hall–Kier alpha value is -1.61. The molecule has 0 fully saturated rings. The second-order valence-electron chi connectivity index (χ2n) is 4.87. The first-order valence-electron chi connectivity index (χ1n) is 7.98. The molecule has 0 aromatic heterocycles. The summed E-state index contributed by atoms with van der Waals surface area (Å²) in [4.78, 5) is 0. The molecule has 0 amide bonds. The van der Waals surface area contributed by atoms with Gasteiger partial charge in [-0.15, -0.1) is 0 Å². The fourth-order valence-electron chi connectivity index (χ4n) is 0.770. The van der Waals surface area contributed by atoms with Crippen LogP contribution in [0.3, 0.4) is 0 Å². The van der Waals surface area contributed by atoms with Crippen LogP contribution < -0.4 is 0 Å². The van der Waals surface area contributed by atoms with Gasteiger partial charge in [-0.3, -0.25) is 0 Å². The third-order valence-corrected chi connectivity index (χ3v) is 1.33. The van der Waals surface area contributed by atoms with Gasteiger partial charge in [-0.1, -0.05) is 113 Å². The highest BCUT2D eigenvalue weighted by molar-refractivity contribution is 7.89. The van der Waals surface area contributed by atoms with Crippen molar-refractivity contribution >= 4 is 9.84 Å². The van der Waals surface area contributed by atoms with Gasteiger partial charge in [-0.05, 0) is 0 Å². The third-order valence-electron chi connectivity index (χ3n) is 1.33. The monoisotopic (exact) mass is 338 g/mol. The zero-order valence-electron chi connectivity index (χ0n) is 15.6. The minimum atomic E-state index is -2.67. The Labute approximate surface area is 144 Å². The van der Waals surface area contributed by atoms with Gasteiger partial charge in [0, 0.05) is 12.5 Å². The molecule has 0 spiro atoms. The summed E-state index contributed by atoms with van der Waals surface area (Å²) in [5.74, 6) is 0. The van der Waals surface area contributed by atoms with Gasteiger partial charge in [0.25, 0.3) is 0 Å². The van der Waals surface area contributed by atoms with Gasteiger partial charge in [0.05, 0.1) is 0 Å². The van der Waals surface area contributed by atoms with E-state index in [2.05, 4.69) is 27.7 Å². The normalized spacial score (nSPS) is 8.26. The van der Waals surface area contributed by atoms with Crippen molar-refractivity contribution in [1.29, 1.82) is 0 Å². The van der Waals surface area contributed by atoms with Gasteiger partial charge in [0.1, 0.15) is 9.84 Å². The van der Waals surface area contributed by atoms with Crippen LogP contribution in [0.25, 0.3) is 0 Å². The SMILES string of the molecule is CCC.CCC.CS(C)(=O)=O.c1ccccc1.c1ccccc1. The Bertz CT molecular complexity index is 385. The Kier molecular flexibility index (Phi) is 25.9. The maximum absolute atomic E-state index is 9.63. The van der Waals surface area contributed by atoms with Crippen molar-refractivity contribution in [3.05, 3.63) is 72.8 Å². The van der Waals surface area contributed by atoms with Crippen molar-refractivity contribution in [1.82, 2.24) is 0 Å². The summed E-state index contributed by atoms with van der Waals surface area (Å²) in [5, 5.41) is 0. The fraction of sp³-hybridized carbons (Fsp3) is 0.400. The highest BCUT2D eigenvalue weighted by atomic mass is 32.2. The summed E-state index contributed by atoms with van der Waals surface area (Å²) in [6, 6.07) is 24.0. The highest BCUT2D eigenvalue weighted by Crippen LogP contribution is 1.80. The molecule has 0 saturated heterocycles. The summed E-state index contributed by atoms with van der Waals surface area (Å²) in [5.41, 5.74) is 0. The number of sulfone groups is 1. The molecular formula is C20H34O2S. The topological polar surface area (TPSA) is 34.1 Å². The summed E-state index contributed by atoms with van der Waals surface area (Å²) < 4.78 is 19.3. The van der Waals surface area contributed by atoms with Crippen molar-refractivity contribution in [3.8, 4) is 0 Å². The zero-order valence-corrected chi connectivity index (χ0v) is 16.4. The van der Waals surface area contributed by atoms with E-state index in [1.807, 2.05) is 72.8 Å². The molecule has 0 atom stereocenters. The molecule has 0 bridgehead atoms. The average Bonchev–Trinajstić information content (AvgIpc) is 2.51. The van der Waals surface area contributed by atoms with E-state index >= 15 is 0 Å². The molecule has 2 rings (SSSR count). The molecule has 2 aromatic rings. The lowest BCUT2D eigenvalue weighted by Crippen LogP contribution is -1.86. The van der Waals surface area contributed by atoms with E-state index in [0.717, 1.165) is 12.5 Å². The van der Waals surface area contributed by atoms with E-state index < -0.39 is 9.84 Å². The van der Waals surface area contributed by atoms with Crippen molar-refractivity contribution in [3.63, 3.8) is 0 Å². The van der Waals surface area contributed by atoms with Gasteiger partial charge >= 0.3 is 0 Å². The van der Waals surface area contributed by atoms with Crippen LogP contribution in [0.5, 0.6) is 0 Å². The molecule has 0 aliphatic rings. The fourth-order valence-corrected chi connectivity index (χ4v) is 0.770. The largest absolute Gasteiger partial charge is 0.229 e. The van der Waals surface area contributed by atoms with Crippen molar-refractivity contribution in [2.75, 3.05) is 12.5 Å². The van der Waals surface area contributed by atoms with Crippen LogP contribution >= 0.6 is 0 Å². The smallest absolute Gasteiger partial charge is 0.144 e. The van der Waals surface area contributed by atoms with Crippen LogP contribution in [0.15, 0.2) is 72.8 Å². The maximum Gasteiger partial charge on any atom is 0.144 e. The Balaban J connectivity index is -0.000000226. The molecule has 0 N–H and O–H groups in total. The van der Waals surface area contributed by atoms with E-state index in [1.165, 1.54) is 12.8 Å². The standard InChI is InChI=1S/2C6H6.2C3H8.C2H6O2S/c2*1-2-4-6-5-3-1;2*1-3-2;1-5(2,3)4/h2*1-6H;2*3H2,1-2H3;1-2H3. The molecule has 2 aromatic carbocycles. The first-order chi connectivity index (χ1) is 10.8. The van der Waals surface area contributed by atoms with Gasteiger partial charge in [-0.2, -0.15) is 0 Å². The number of hydrogen-bond acceptors (Lipinski definition) is 2. The first-order valence-corrected chi connectivity index (χ1v) is 10.3. The van der Waals surface area contributed by atoms with Gasteiger partial charge in [-0.25, -0.2) is 8.42 Å². The second kappa shape index (κ2) is 22.7. The number of benzene rings is 2. The molecule has 0 unspecified atom stereocenters. The minimum absolute atomic E-state index is 1.16. The van der Waals surface area contributed by atoms with Crippen LogP contribution in [0.2, 0.25) is 0 Å². The lowest BCUT2D eigenvalue weighted by Gasteiger charge is -1.69. The Morgan fingerprint density at radius 1 is 0.478 bits per heavy atom. The molecule has 0 aliphatic carbocycles. The summed E-state index contributed by atoms with van der Waals surface area (Å²) in [6.07, 6.45) is 4.82. The molecular weight excluding hydrogens is 304 g/mol.